The second kappa shape index (κ2) is 8.93. The number of amides is 1. The molecule has 0 atom stereocenters. The predicted octanol–water partition coefficient (Wildman–Crippen LogP) is 4.31. The van der Waals surface area contributed by atoms with Gasteiger partial charge in [0.2, 0.25) is 10.0 Å². The zero-order valence-corrected chi connectivity index (χ0v) is 17.6. The van der Waals surface area contributed by atoms with Crippen molar-refractivity contribution in [3.63, 3.8) is 0 Å². The molecule has 27 heavy (non-hydrogen) atoms. The number of rotatable bonds is 5. The molecule has 7 heteroatoms. The third kappa shape index (κ3) is 4.49. The standard InChI is InChI=1S/C20H29ClN2O3S/c1-2-23(17-9-5-3-6-10-17)20(24)16-11-12-18(21)19(15-16)27(25,26)22-13-7-4-8-14-22/h11-12,15,17H,2-10,13-14H2,1H3. The average Bonchev–Trinajstić information content (AvgIpc) is 2.70. The lowest BCUT2D eigenvalue weighted by molar-refractivity contribution is 0.0647. The first-order valence-electron chi connectivity index (χ1n) is 10.1. The highest BCUT2D eigenvalue weighted by Crippen LogP contribution is 2.29. The second-order valence-corrected chi connectivity index (χ2v) is 9.81. The van der Waals surface area contributed by atoms with Gasteiger partial charge in [0.25, 0.3) is 5.91 Å². The normalized spacial score (nSPS) is 19.8. The van der Waals surface area contributed by atoms with Crippen molar-refractivity contribution in [1.29, 1.82) is 0 Å². The molecule has 1 aliphatic carbocycles. The van der Waals surface area contributed by atoms with E-state index in [2.05, 4.69) is 0 Å². The van der Waals surface area contributed by atoms with Gasteiger partial charge >= 0.3 is 0 Å². The summed E-state index contributed by atoms with van der Waals surface area (Å²) in [6.45, 7) is 3.63. The summed E-state index contributed by atoms with van der Waals surface area (Å²) < 4.78 is 27.6. The SMILES string of the molecule is CCN(C(=O)c1ccc(Cl)c(S(=O)(=O)N2CCCCC2)c1)C1CCCCC1. The van der Waals surface area contributed by atoms with Crippen LogP contribution in [0.3, 0.4) is 0 Å². The largest absolute Gasteiger partial charge is 0.336 e. The van der Waals surface area contributed by atoms with Crippen molar-refractivity contribution < 1.29 is 13.2 Å². The highest BCUT2D eigenvalue weighted by molar-refractivity contribution is 7.89. The van der Waals surface area contributed by atoms with E-state index in [0.717, 1.165) is 44.9 Å². The van der Waals surface area contributed by atoms with Crippen molar-refractivity contribution in [2.75, 3.05) is 19.6 Å². The lowest BCUT2D eigenvalue weighted by atomic mass is 9.93. The van der Waals surface area contributed by atoms with Gasteiger partial charge in [0.15, 0.2) is 0 Å². The Morgan fingerprint density at radius 2 is 1.74 bits per heavy atom. The van der Waals surface area contributed by atoms with Gasteiger partial charge in [-0.15, -0.1) is 0 Å². The van der Waals surface area contributed by atoms with Crippen LogP contribution >= 0.6 is 11.6 Å². The van der Waals surface area contributed by atoms with Crippen molar-refractivity contribution in [1.82, 2.24) is 9.21 Å². The minimum Gasteiger partial charge on any atom is -0.336 e. The topological polar surface area (TPSA) is 57.7 Å². The molecule has 2 fully saturated rings. The fourth-order valence-corrected chi connectivity index (χ4v) is 6.22. The van der Waals surface area contributed by atoms with Gasteiger partial charge in [-0.1, -0.05) is 37.3 Å². The predicted molar refractivity (Wildman–Crippen MR) is 108 cm³/mol. The molecule has 5 nitrogen and oxygen atoms in total. The van der Waals surface area contributed by atoms with Crippen LogP contribution in [0.15, 0.2) is 23.1 Å². The second-order valence-electron chi connectivity index (χ2n) is 7.49. The molecule has 1 aromatic rings. The first-order valence-corrected chi connectivity index (χ1v) is 11.9. The molecule has 1 amide bonds. The maximum Gasteiger partial charge on any atom is 0.254 e. The molecule has 2 aliphatic rings. The summed E-state index contributed by atoms with van der Waals surface area (Å²) in [5.74, 6) is -0.101. The average molecular weight is 413 g/mol. The van der Waals surface area contributed by atoms with Crippen molar-refractivity contribution in [3.8, 4) is 0 Å². The molecule has 0 bridgehead atoms. The summed E-state index contributed by atoms with van der Waals surface area (Å²) in [6, 6.07) is 4.90. The van der Waals surface area contributed by atoms with Crippen molar-refractivity contribution in [3.05, 3.63) is 28.8 Å². The van der Waals surface area contributed by atoms with E-state index in [1.54, 1.807) is 12.1 Å². The fraction of sp³-hybridized carbons (Fsp3) is 0.650. The summed E-state index contributed by atoms with van der Waals surface area (Å²) in [5.41, 5.74) is 0.405. The molecule has 1 saturated heterocycles. The quantitative estimate of drug-likeness (QED) is 0.724. The fourth-order valence-electron chi connectivity index (χ4n) is 4.20. The van der Waals surface area contributed by atoms with Crippen LogP contribution < -0.4 is 0 Å². The monoisotopic (exact) mass is 412 g/mol. The van der Waals surface area contributed by atoms with Crippen molar-refractivity contribution >= 4 is 27.5 Å². The number of carbonyl (C=O) groups excluding carboxylic acids is 1. The molecule has 0 aromatic heterocycles. The van der Waals surface area contributed by atoms with E-state index in [1.165, 1.54) is 16.8 Å². The number of benzene rings is 1. The van der Waals surface area contributed by atoms with Gasteiger partial charge in [0.1, 0.15) is 4.90 Å². The zero-order chi connectivity index (χ0) is 19.4. The molecule has 0 unspecified atom stereocenters. The summed E-state index contributed by atoms with van der Waals surface area (Å²) in [7, 11) is -3.68. The molecule has 1 aromatic carbocycles. The lowest BCUT2D eigenvalue weighted by Gasteiger charge is -2.34. The minimum atomic E-state index is -3.68. The highest BCUT2D eigenvalue weighted by Gasteiger charge is 2.30. The Hall–Kier alpha value is -1.11. The Morgan fingerprint density at radius 3 is 2.37 bits per heavy atom. The molecule has 150 valence electrons. The van der Waals surface area contributed by atoms with Gasteiger partial charge in [-0.3, -0.25) is 4.79 Å². The maximum atomic E-state index is 13.1. The molecule has 1 saturated carbocycles. The lowest BCUT2D eigenvalue weighted by Crippen LogP contribution is -2.41. The third-order valence-electron chi connectivity index (χ3n) is 5.73. The Balaban J connectivity index is 1.88. The molecule has 3 rings (SSSR count). The molecule has 1 aliphatic heterocycles. The van der Waals surface area contributed by atoms with Crippen LogP contribution in [0.2, 0.25) is 5.02 Å². The molecular formula is C20H29ClN2O3S. The number of hydrogen-bond donors (Lipinski definition) is 0. The van der Waals surface area contributed by atoms with E-state index in [0.29, 0.717) is 25.2 Å². The Morgan fingerprint density at radius 1 is 1.11 bits per heavy atom. The van der Waals surface area contributed by atoms with E-state index < -0.39 is 10.0 Å². The minimum absolute atomic E-state index is 0.0524. The van der Waals surface area contributed by atoms with Crippen LogP contribution in [0.4, 0.5) is 0 Å². The van der Waals surface area contributed by atoms with Crippen LogP contribution in [0.5, 0.6) is 0 Å². The Bertz CT molecular complexity index is 769. The van der Waals surface area contributed by atoms with Gasteiger partial charge in [0.05, 0.1) is 5.02 Å². The van der Waals surface area contributed by atoms with E-state index in [1.807, 2.05) is 11.8 Å². The van der Waals surface area contributed by atoms with E-state index in [9.17, 15) is 13.2 Å². The van der Waals surface area contributed by atoms with Gasteiger partial charge < -0.3 is 4.90 Å². The smallest absolute Gasteiger partial charge is 0.254 e. The molecule has 0 radical (unpaired) electrons. The zero-order valence-electron chi connectivity index (χ0n) is 16.0. The summed E-state index contributed by atoms with van der Waals surface area (Å²) in [5, 5.41) is 0.179. The third-order valence-corrected chi connectivity index (χ3v) is 8.11. The highest BCUT2D eigenvalue weighted by atomic mass is 35.5. The number of hydrogen-bond acceptors (Lipinski definition) is 3. The summed E-state index contributed by atoms with van der Waals surface area (Å²) in [6.07, 6.45) is 8.32. The molecule has 1 heterocycles. The maximum absolute atomic E-state index is 13.1. The van der Waals surface area contributed by atoms with Crippen LogP contribution in [0.25, 0.3) is 0 Å². The van der Waals surface area contributed by atoms with Crippen molar-refractivity contribution in [2.45, 2.75) is 69.2 Å². The number of piperidine rings is 1. The van der Waals surface area contributed by atoms with E-state index in [-0.39, 0.29) is 21.9 Å². The molecular weight excluding hydrogens is 384 g/mol. The Labute approximate surface area is 167 Å². The van der Waals surface area contributed by atoms with E-state index in [4.69, 9.17) is 11.6 Å². The summed E-state index contributed by atoms with van der Waals surface area (Å²) >= 11 is 6.24. The van der Waals surface area contributed by atoms with E-state index >= 15 is 0 Å². The van der Waals surface area contributed by atoms with Gasteiger partial charge in [-0.05, 0) is 50.8 Å². The van der Waals surface area contributed by atoms with Gasteiger partial charge in [-0.2, -0.15) is 4.31 Å². The van der Waals surface area contributed by atoms with Crippen LogP contribution in [0, 0.1) is 0 Å². The van der Waals surface area contributed by atoms with Crippen molar-refractivity contribution in [2.24, 2.45) is 0 Å². The van der Waals surface area contributed by atoms with Gasteiger partial charge in [-0.25, -0.2) is 8.42 Å². The number of nitrogens with zero attached hydrogens (tertiary/aromatic N) is 2. The first-order chi connectivity index (χ1) is 12.9. The number of halogens is 1. The van der Waals surface area contributed by atoms with Crippen LogP contribution in [-0.4, -0.2) is 49.2 Å². The van der Waals surface area contributed by atoms with Gasteiger partial charge in [0, 0.05) is 31.2 Å². The number of carbonyl (C=O) groups is 1. The van der Waals surface area contributed by atoms with Crippen LogP contribution in [0.1, 0.15) is 68.6 Å². The number of sulfonamides is 1. The summed E-state index contributed by atoms with van der Waals surface area (Å²) in [4.78, 5) is 15.1. The molecule has 0 N–H and O–H groups in total. The Kier molecular flexibility index (Phi) is 6.82. The first kappa shape index (κ1) is 20.6. The molecule has 0 spiro atoms. The van der Waals surface area contributed by atoms with Crippen LogP contribution in [-0.2, 0) is 10.0 Å².